The third kappa shape index (κ3) is 2.23. The second kappa shape index (κ2) is 4.21. The lowest BCUT2D eigenvalue weighted by Crippen LogP contribution is -2.45. The molecular weight excluding hydrogens is 232 g/mol. The molecule has 84 valence electrons. The molecule has 1 aliphatic rings. The average molecular weight is 246 g/mol. The molecule has 1 aliphatic heterocycles. The van der Waals surface area contributed by atoms with Crippen LogP contribution in [0, 0.1) is 0 Å². The van der Waals surface area contributed by atoms with Crippen molar-refractivity contribution in [2.45, 2.75) is 23.1 Å². The lowest BCUT2D eigenvalue weighted by Gasteiger charge is -2.29. The van der Waals surface area contributed by atoms with Gasteiger partial charge in [-0.2, -0.15) is 4.31 Å². The molecule has 2 heterocycles. The zero-order valence-electron chi connectivity index (χ0n) is 8.30. The Morgan fingerprint density at radius 2 is 2.33 bits per heavy atom. The molecule has 1 fully saturated rings. The lowest BCUT2D eigenvalue weighted by molar-refractivity contribution is 0.316. The molecule has 0 bridgehead atoms. The Labute approximate surface area is 93.8 Å². The summed E-state index contributed by atoms with van der Waals surface area (Å²) in [5, 5.41) is 1.77. The molecule has 0 radical (unpaired) electrons. The van der Waals surface area contributed by atoms with Crippen LogP contribution in [-0.4, -0.2) is 31.9 Å². The number of sulfonamides is 1. The Bertz CT molecular complexity index is 413. The fraction of sp³-hybridized carbons (Fsp3) is 0.556. The molecule has 1 atom stereocenters. The molecular formula is C9H14N2O2S2. The van der Waals surface area contributed by atoms with E-state index in [0.29, 0.717) is 17.3 Å². The maximum Gasteiger partial charge on any atom is 0.252 e. The van der Waals surface area contributed by atoms with E-state index in [0.717, 1.165) is 12.8 Å². The molecule has 1 aromatic rings. The molecule has 6 heteroatoms. The van der Waals surface area contributed by atoms with Crippen molar-refractivity contribution in [3.8, 4) is 0 Å². The monoisotopic (exact) mass is 246 g/mol. The summed E-state index contributed by atoms with van der Waals surface area (Å²) < 4.78 is 26.1. The summed E-state index contributed by atoms with van der Waals surface area (Å²) in [7, 11) is -3.28. The number of rotatable bonds is 2. The maximum absolute atomic E-state index is 12.1. The third-order valence-electron chi connectivity index (χ3n) is 2.51. The highest BCUT2D eigenvalue weighted by atomic mass is 32.2. The van der Waals surface area contributed by atoms with Gasteiger partial charge in [-0.15, -0.1) is 11.3 Å². The van der Waals surface area contributed by atoms with Crippen molar-refractivity contribution in [2.24, 2.45) is 5.73 Å². The lowest BCUT2D eigenvalue weighted by atomic mass is 10.1. The average Bonchev–Trinajstić information content (AvgIpc) is 2.71. The van der Waals surface area contributed by atoms with E-state index < -0.39 is 10.0 Å². The van der Waals surface area contributed by atoms with Crippen molar-refractivity contribution >= 4 is 21.4 Å². The highest BCUT2D eigenvalue weighted by molar-refractivity contribution is 7.91. The molecule has 1 saturated heterocycles. The van der Waals surface area contributed by atoms with E-state index in [9.17, 15) is 8.42 Å². The van der Waals surface area contributed by atoms with Crippen molar-refractivity contribution < 1.29 is 8.42 Å². The van der Waals surface area contributed by atoms with Gasteiger partial charge in [-0.1, -0.05) is 6.07 Å². The van der Waals surface area contributed by atoms with Crippen LogP contribution in [0.25, 0.3) is 0 Å². The number of hydrogen-bond donors (Lipinski definition) is 1. The first-order chi connectivity index (χ1) is 7.10. The van der Waals surface area contributed by atoms with E-state index >= 15 is 0 Å². The van der Waals surface area contributed by atoms with Crippen LogP contribution in [0.2, 0.25) is 0 Å². The number of nitrogens with zero attached hydrogens (tertiary/aromatic N) is 1. The minimum Gasteiger partial charge on any atom is -0.327 e. The fourth-order valence-corrected chi connectivity index (χ4v) is 4.41. The predicted molar refractivity (Wildman–Crippen MR) is 60.3 cm³/mol. The SMILES string of the molecule is N[C@@H]1CCCN(S(=O)(=O)c2cccs2)C1. The molecule has 0 unspecified atom stereocenters. The second-order valence-corrected chi connectivity index (χ2v) is 6.81. The van der Waals surface area contributed by atoms with Crippen molar-refractivity contribution in [3.05, 3.63) is 17.5 Å². The van der Waals surface area contributed by atoms with E-state index in [2.05, 4.69) is 0 Å². The first kappa shape index (κ1) is 11.1. The van der Waals surface area contributed by atoms with Crippen molar-refractivity contribution in [3.63, 3.8) is 0 Å². The number of nitrogens with two attached hydrogens (primary N) is 1. The minimum absolute atomic E-state index is 0.0199. The molecule has 2 N–H and O–H groups in total. The molecule has 0 amide bonds. The summed E-state index contributed by atoms with van der Waals surface area (Å²) in [6.07, 6.45) is 1.77. The normalized spacial score (nSPS) is 24.2. The molecule has 2 rings (SSSR count). The number of hydrogen-bond acceptors (Lipinski definition) is 4. The number of thiophene rings is 1. The van der Waals surface area contributed by atoms with Crippen LogP contribution >= 0.6 is 11.3 Å². The predicted octanol–water partition coefficient (Wildman–Crippen LogP) is 0.860. The first-order valence-electron chi connectivity index (χ1n) is 4.90. The van der Waals surface area contributed by atoms with Gasteiger partial charge >= 0.3 is 0 Å². The molecule has 1 aromatic heterocycles. The van der Waals surface area contributed by atoms with Gasteiger partial charge in [-0.05, 0) is 24.3 Å². The Kier molecular flexibility index (Phi) is 3.11. The van der Waals surface area contributed by atoms with Crippen molar-refractivity contribution in [1.82, 2.24) is 4.31 Å². The standard InChI is InChI=1S/C9H14N2O2S2/c10-8-3-1-5-11(7-8)15(12,13)9-4-2-6-14-9/h2,4,6,8H,1,3,5,7,10H2/t8-/m1/s1. The summed E-state index contributed by atoms with van der Waals surface area (Å²) >= 11 is 1.25. The molecule has 15 heavy (non-hydrogen) atoms. The van der Waals surface area contributed by atoms with Crippen LogP contribution in [-0.2, 0) is 10.0 Å². The highest BCUT2D eigenvalue weighted by Crippen LogP contribution is 2.23. The van der Waals surface area contributed by atoms with Crippen LogP contribution in [0.1, 0.15) is 12.8 Å². The van der Waals surface area contributed by atoms with E-state index in [-0.39, 0.29) is 6.04 Å². The van der Waals surface area contributed by atoms with Gasteiger partial charge in [-0.25, -0.2) is 8.42 Å². The van der Waals surface area contributed by atoms with Crippen molar-refractivity contribution in [2.75, 3.05) is 13.1 Å². The van der Waals surface area contributed by atoms with E-state index in [1.807, 2.05) is 0 Å². The molecule has 4 nitrogen and oxygen atoms in total. The zero-order valence-corrected chi connectivity index (χ0v) is 9.93. The van der Waals surface area contributed by atoms with Crippen LogP contribution in [0.4, 0.5) is 0 Å². The molecule has 0 spiro atoms. The summed E-state index contributed by atoms with van der Waals surface area (Å²) in [6, 6.07) is 3.37. The molecule has 0 saturated carbocycles. The van der Waals surface area contributed by atoms with Gasteiger partial charge in [0.05, 0.1) is 0 Å². The van der Waals surface area contributed by atoms with Crippen LogP contribution in [0.5, 0.6) is 0 Å². The van der Waals surface area contributed by atoms with E-state index in [4.69, 9.17) is 5.73 Å². The summed E-state index contributed by atoms with van der Waals surface area (Å²) in [4.78, 5) is 0. The number of piperidine rings is 1. The van der Waals surface area contributed by atoms with E-state index in [1.165, 1.54) is 15.6 Å². The van der Waals surface area contributed by atoms with Crippen molar-refractivity contribution in [1.29, 1.82) is 0 Å². The fourth-order valence-electron chi connectivity index (χ4n) is 1.73. The second-order valence-electron chi connectivity index (χ2n) is 3.70. The molecule has 0 aliphatic carbocycles. The Hall–Kier alpha value is -0.430. The Morgan fingerprint density at radius 1 is 1.53 bits per heavy atom. The Morgan fingerprint density at radius 3 is 2.93 bits per heavy atom. The highest BCUT2D eigenvalue weighted by Gasteiger charge is 2.29. The van der Waals surface area contributed by atoms with Crippen LogP contribution < -0.4 is 5.73 Å². The summed E-state index contributed by atoms with van der Waals surface area (Å²) in [5.41, 5.74) is 5.77. The first-order valence-corrected chi connectivity index (χ1v) is 7.22. The van der Waals surface area contributed by atoms with Gasteiger partial charge in [0.15, 0.2) is 0 Å². The van der Waals surface area contributed by atoms with Gasteiger partial charge < -0.3 is 5.73 Å². The van der Waals surface area contributed by atoms with Gasteiger partial charge in [0, 0.05) is 19.1 Å². The van der Waals surface area contributed by atoms with Gasteiger partial charge in [-0.3, -0.25) is 0 Å². The van der Waals surface area contributed by atoms with Crippen LogP contribution in [0.15, 0.2) is 21.7 Å². The third-order valence-corrected chi connectivity index (χ3v) is 5.75. The smallest absolute Gasteiger partial charge is 0.252 e. The van der Waals surface area contributed by atoms with Gasteiger partial charge in [0.25, 0.3) is 10.0 Å². The summed E-state index contributed by atoms with van der Waals surface area (Å²) in [6.45, 7) is 1.04. The topological polar surface area (TPSA) is 63.4 Å². The Balaban J connectivity index is 2.22. The zero-order chi connectivity index (χ0) is 10.9. The van der Waals surface area contributed by atoms with Gasteiger partial charge in [0.2, 0.25) is 0 Å². The maximum atomic E-state index is 12.1. The quantitative estimate of drug-likeness (QED) is 0.842. The minimum atomic E-state index is -3.28. The summed E-state index contributed by atoms with van der Waals surface area (Å²) in [5.74, 6) is 0. The van der Waals surface area contributed by atoms with Gasteiger partial charge in [0.1, 0.15) is 4.21 Å². The van der Waals surface area contributed by atoms with E-state index in [1.54, 1.807) is 17.5 Å². The van der Waals surface area contributed by atoms with Crippen LogP contribution in [0.3, 0.4) is 0 Å². The molecule has 0 aromatic carbocycles. The largest absolute Gasteiger partial charge is 0.327 e.